The molecular formula is C22H22N2O4S2. The number of allylic oxidation sites excluding steroid dienone is 2. The SMILES string of the molecule is CC1(C)C2CCC1(CS(=O)(=O)O/N=C1C=C/C(=C(\C#N)c3ccccc3)S/1)C(=O)C2. The van der Waals surface area contributed by atoms with Gasteiger partial charge in [0.2, 0.25) is 0 Å². The van der Waals surface area contributed by atoms with Crippen molar-refractivity contribution < 1.29 is 17.5 Å². The number of nitriles is 1. The fraction of sp³-hybridized carbons (Fsp3) is 0.409. The van der Waals surface area contributed by atoms with Gasteiger partial charge >= 0.3 is 10.1 Å². The van der Waals surface area contributed by atoms with Crippen LogP contribution in [0.25, 0.3) is 5.57 Å². The minimum Gasteiger partial charge on any atom is -0.299 e. The number of hydrogen-bond acceptors (Lipinski definition) is 7. The molecule has 156 valence electrons. The van der Waals surface area contributed by atoms with Crippen LogP contribution in [-0.4, -0.2) is 25.0 Å². The van der Waals surface area contributed by atoms with E-state index in [4.69, 9.17) is 4.28 Å². The molecule has 1 aromatic carbocycles. The number of oxime groups is 1. The van der Waals surface area contributed by atoms with Crippen molar-refractivity contribution in [2.24, 2.45) is 21.9 Å². The summed E-state index contributed by atoms with van der Waals surface area (Å²) in [5.41, 5.74) is 0.0166. The summed E-state index contributed by atoms with van der Waals surface area (Å²) >= 11 is 1.17. The van der Waals surface area contributed by atoms with E-state index in [2.05, 4.69) is 11.2 Å². The predicted molar refractivity (Wildman–Crippen MR) is 117 cm³/mol. The minimum absolute atomic E-state index is 0.0189. The number of fused-ring (bicyclic) bond motifs is 2. The number of carbonyl (C=O) groups is 1. The molecule has 2 atom stereocenters. The van der Waals surface area contributed by atoms with Crippen molar-refractivity contribution in [3.8, 4) is 6.07 Å². The van der Waals surface area contributed by atoms with Gasteiger partial charge in [-0.3, -0.25) is 9.08 Å². The Kier molecular flexibility index (Phi) is 5.15. The van der Waals surface area contributed by atoms with Gasteiger partial charge in [-0.1, -0.05) is 61.1 Å². The molecule has 2 aliphatic carbocycles. The monoisotopic (exact) mass is 442 g/mol. The maximum absolute atomic E-state index is 12.7. The third-order valence-electron chi connectivity index (χ3n) is 6.82. The topological polar surface area (TPSA) is 96.6 Å². The van der Waals surface area contributed by atoms with Crippen LogP contribution in [0, 0.1) is 28.1 Å². The van der Waals surface area contributed by atoms with Crippen LogP contribution < -0.4 is 0 Å². The molecule has 1 aliphatic heterocycles. The van der Waals surface area contributed by atoms with Crippen LogP contribution >= 0.6 is 11.8 Å². The van der Waals surface area contributed by atoms with E-state index in [0.717, 1.165) is 12.0 Å². The Labute approximate surface area is 180 Å². The minimum atomic E-state index is -4.03. The van der Waals surface area contributed by atoms with E-state index < -0.39 is 15.5 Å². The fourth-order valence-corrected chi connectivity index (χ4v) is 7.32. The van der Waals surface area contributed by atoms with Crippen LogP contribution in [0.15, 0.2) is 52.5 Å². The lowest BCUT2D eigenvalue weighted by Crippen LogP contribution is -2.42. The highest BCUT2D eigenvalue weighted by Crippen LogP contribution is 2.64. The van der Waals surface area contributed by atoms with E-state index in [9.17, 15) is 18.5 Å². The normalized spacial score (nSPS) is 30.0. The lowest BCUT2D eigenvalue weighted by molar-refractivity contribution is -0.128. The highest BCUT2D eigenvalue weighted by atomic mass is 32.2. The van der Waals surface area contributed by atoms with Crippen molar-refractivity contribution in [1.82, 2.24) is 0 Å². The number of thioether (sulfide) groups is 1. The number of carbonyl (C=O) groups excluding carboxylic acids is 1. The molecule has 0 N–H and O–H groups in total. The van der Waals surface area contributed by atoms with E-state index >= 15 is 0 Å². The third-order valence-corrected chi connectivity index (χ3v) is 8.94. The molecule has 2 saturated carbocycles. The number of Topliss-reactive ketones (excluding diaryl/α,β-unsaturated/α-hetero) is 1. The Morgan fingerprint density at radius 1 is 1.30 bits per heavy atom. The molecule has 1 heterocycles. The summed E-state index contributed by atoms with van der Waals surface area (Å²) in [6, 6.07) is 11.4. The number of hydrogen-bond donors (Lipinski definition) is 0. The Balaban J connectivity index is 1.50. The van der Waals surface area contributed by atoms with Crippen molar-refractivity contribution in [2.75, 3.05) is 5.75 Å². The second-order valence-electron chi connectivity index (χ2n) is 8.53. The van der Waals surface area contributed by atoms with Gasteiger partial charge < -0.3 is 0 Å². The zero-order valence-corrected chi connectivity index (χ0v) is 18.4. The van der Waals surface area contributed by atoms with Gasteiger partial charge in [-0.2, -0.15) is 13.7 Å². The maximum atomic E-state index is 12.7. The maximum Gasteiger partial charge on any atom is 0.329 e. The standard InChI is InChI=1S/C22H22N2O4S2/c1-21(2)16-10-11-22(21,19(25)12-16)14-30(26,27)28-24-20-9-8-18(29-20)17(13-23)15-6-4-3-5-7-15/h3-9,16H,10-12,14H2,1-2H3/b18-17-,24-20-. The summed E-state index contributed by atoms with van der Waals surface area (Å²) in [4.78, 5) is 13.3. The first-order chi connectivity index (χ1) is 14.2. The fourth-order valence-electron chi connectivity index (χ4n) is 4.91. The molecule has 2 fully saturated rings. The Bertz CT molecular complexity index is 1130. The summed E-state index contributed by atoms with van der Waals surface area (Å²) < 4.78 is 30.3. The third kappa shape index (κ3) is 3.40. The summed E-state index contributed by atoms with van der Waals surface area (Å²) in [6.45, 7) is 3.97. The van der Waals surface area contributed by atoms with Gasteiger partial charge in [-0.25, -0.2) is 0 Å². The molecule has 0 radical (unpaired) electrons. The molecule has 0 amide bonds. The van der Waals surface area contributed by atoms with Crippen LogP contribution in [0.2, 0.25) is 0 Å². The lowest BCUT2D eigenvalue weighted by atomic mass is 9.70. The number of rotatable bonds is 5. The first-order valence-corrected chi connectivity index (χ1v) is 12.2. The second-order valence-corrected chi connectivity index (χ2v) is 11.1. The zero-order chi connectivity index (χ0) is 21.6. The van der Waals surface area contributed by atoms with E-state index in [1.165, 1.54) is 11.8 Å². The van der Waals surface area contributed by atoms with Crippen molar-refractivity contribution in [3.05, 3.63) is 53.0 Å². The van der Waals surface area contributed by atoms with Gasteiger partial charge in [-0.05, 0) is 41.9 Å². The average molecular weight is 443 g/mol. The van der Waals surface area contributed by atoms with Gasteiger partial charge in [0.05, 0.1) is 11.0 Å². The Morgan fingerprint density at radius 3 is 2.63 bits per heavy atom. The second kappa shape index (κ2) is 7.40. The molecule has 1 aromatic rings. The van der Waals surface area contributed by atoms with Crippen molar-refractivity contribution in [3.63, 3.8) is 0 Å². The molecule has 8 heteroatoms. The highest BCUT2D eigenvalue weighted by Gasteiger charge is 2.65. The van der Waals surface area contributed by atoms with Crippen molar-refractivity contribution >= 4 is 38.3 Å². The Hall–Kier alpha value is -2.37. The van der Waals surface area contributed by atoms with Gasteiger partial charge in [0.15, 0.2) is 0 Å². The smallest absolute Gasteiger partial charge is 0.299 e. The Morgan fingerprint density at radius 2 is 2.03 bits per heavy atom. The summed E-state index contributed by atoms with van der Waals surface area (Å²) in [7, 11) is -4.03. The van der Waals surface area contributed by atoms with Crippen LogP contribution in [0.1, 0.15) is 38.7 Å². The molecule has 0 saturated heterocycles. The van der Waals surface area contributed by atoms with Crippen LogP contribution in [0.5, 0.6) is 0 Å². The highest BCUT2D eigenvalue weighted by molar-refractivity contribution is 8.18. The average Bonchev–Trinajstić information content (AvgIpc) is 3.31. The summed E-state index contributed by atoms with van der Waals surface area (Å²) in [5, 5.41) is 13.7. The first kappa shape index (κ1) is 20.9. The predicted octanol–water partition coefficient (Wildman–Crippen LogP) is 4.28. The molecule has 30 heavy (non-hydrogen) atoms. The zero-order valence-electron chi connectivity index (χ0n) is 16.8. The molecule has 0 spiro atoms. The van der Waals surface area contributed by atoms with Gasteiger partial charge in [-0.15, -0.1) is 0 Å². The van der Waals surface area contributed by atoms with E-state index in [1.54, 1.807) is 12.2 Å². The van der Waals surface area contributed by atoms with Gasteiger partial charge in [0.25, 0.3) is 0 Å². The van der Waals surface area contributed by atoms with Crippen LogP contribution in [-0.2, 0) is 19.2 Å². The number of nitrogens with zero attached hydrogens (tertiary/aromatic N) is 2. The number of benzene rings is 1. The van der Waals surface area contributed by atoms with Crippen molar-refractivity contribution in [1.29, 1.82) is 5.26 Å². The summed E-state index contributed by atoms with van der Waals surface area (Å²) in [6.07, 6.45) is 5.22. The van der Waals surface area contributed by atoms with E-state index in [-0.39, 0.29) is 22.9 Å². The van der Waals surface area contributed by atoms with Gasteiger partial charge in [0.1, 0.15) is 22.6 Å². The van der Waals surface area contributed by atoms with Gasteiger partial charge in [0, 0.05) is 11.3 Å². The molecule has 6 nitrogen and oxygen atoms in total. The van der Waals surface area contributed by atoms with Crippen LogP contribution in [0.3, 0.4) is 0 Å². The van der Waals surface area contributed by atoms with Crippen molar-refractivity contribution in [2.45, 2.75) is 33.1 Å². The van der Waals surface area contributed by atoms with Crippen LogP contribution in [0.4, 0.5) is 0 Å². The quantitative estimate of drug-likeness (QED) is 0.499. The molecule has 3 aliphatic rings. The molecule has 2 unspecified atom stereocenters. The molecule has 4 rings (SSSR count). The molecule has 2 bridgehead atoms. The summed E-state index contributed by atoms with van der Waals surface area (Å²) in [5.74, 6) is -0.0933. The molecule has 0 aromatic heterocycles. The number of ketones is 1. The van der Waals surface area contributed by atoms with E-state index in [1.807, 2.05) is 44.2 Å². The largest absolute Gasteiger partial charge is 0.329 e. The van der Waals surface area contributed by atoms with E-state index in [0.29, 0.717) is 28.4 Å². The lowest BCUT2D eigenvalue weighted by Gasteiger charge is -2.35. The first-order valence-electron chi connectivity index (χ1n) is 9.77. The molecular weight excluding hydrogens is 420 g/mol.